The highest BCUT2D eigenvalue weighted by atomic mass is 79.9. The standard InChI is InChI=1S/C15H16BrN3O/c1-19(2)14-8-7-10(17)9-11(14)15(20)18-13-6-4-3-5-12(13)16/h3-9H,17H2,1-2H3,(H,18,20). The van der Waals surface area contributed by atoms with Crippen molar-refractivity contribution in [1.29, 1.82) is 0 Å². The van der Waals surface area contributed by atoms with Crippen molar-refractivity contribution in [3.8, 4) is 0 Å². The highest BCUT2D eigenvalue weighted by molar-refractivity contribution is 9.10. The summed E-state index contributed by atoms with van der Waals surface area (Å²) < 4.78 is 0.837. The Morgan fingerprint density at radius 1 is 1.20 bits per heavy atom. The van der Waals surface area contributed by atoms with Gasteiger partial charge in [-0.25, -0.2) is 0 Å². The van der Waals surface area contributed by atoms with Crippen LogP contribution in [-0.4, -0.2) is 20.0 Å². The Hall–Kier alpha value is -2.01. The molecule has 0 atom stereocenters. The lowest BCUT2D eigenvalue weighted by Gasteiger charge is -2.18. The number of carbonyl (C=O) groups is 1. The third kappa shape index (κ3) is 3.11. The van der Waals surface area contributed by atoms with E-state index in [0.717, 1.165) is 15.8 Å². The number of benzene rings is 2. The quantitative estimate of drug-likeness (QED) is 0.847. The van der Waals surface area contributed by atoms with Gasteiger partial charge in [-0.3, -0.25) is 4.79 Å². The Bertz CT molecular complexity index is 641. The van der Waals surface area contributed by atoms with Gasteiger partial charge in [-0.1, -0.05) is 12.1 Å². The van der Waals surface area contributed by atoms with Crippen molar-refractivity contribution in [3.05, 3.63) is 52.5 Å². The molecule has 0 radical (unpaired) electrons. The first-order chi connectivity index (χ1) is 9.49. The zero-order chi connectivity index (χ0) is 14.7. The van der Waals surface area contributed by atoms with Crippen molar-refractivity contribution >= 4 is 38.9 Å². The van der Waals surface area contributed by atoms with Crippen molar-refractivity contribution < 1.29 is 4.79 Å². The van der Waals surface area contributed by atoms with E-state index >= 15 is 0 Å². The van der Waals surface area contributed by atoms with Crippen LogP contribution >= 0.6 is 15.9 Å². The van der Waals surface area contributed by atoms with E-state index in [4.69, 9.17) is 5.73 Å². The lowest BCUT2D eigenvalue weighted by molar-refractivity contribution is 0.102. The van der Waals surface area contributed by atoms with E-state index in [2.05, 4.69) is 21.2 Å². The minimum absolute atomic E-state index is 0.187. The highest BCUT2D eigenvalue weighted by Gasteiger charge is 2.14. The van der Waals surface area contributed by atoms with Gasteiger partial charge in [0, 0.05) is 29.9 Å². The van der Waals surface area contributed by atoms with Crippen LogP contribution in [-0.2, 0) is 0 Å². The van der Waals surface area contributed by atoms with Gasteiger partial charge >= 0.3 is 0 Å². The molecule has 2 rings (SSSR count). The van der Waals surface area contributed by atoms with E-state index in [1.165, 1.54) is 0 Å². The lowest BCUT2D eigenvalue weighted by Crippen LogP contribution is -2.19. The van der Waals surface area contributed by atoms with Crippen LogP contribution in [0.3, 0.4) is 0 Å². The number of nitrogens with two attached hydrogens (primary N) is 1. The average molecular weight is 334 g/mol. The number of carbonyl (C=O) groups excluding carboxylic acids is 1. The zero-order valence-corrected chi connectivity index (χ0v) is 12.9. The molecule has 0 bridgehead atoms. The predicted molar refractivity (Wildman–Crippen MR) is 87.3 cm³/mol. The first kappa shape index (κ1) is 14.4. The molecule has 4 nitrogen and oxygen atoms in total. The number of nitrogen functional groups attached to an aromatic ring is 1. The summed E-state index contributed by atoms with van der Waals surface area (Å²) in [6.45, 7) is 0. The van der Waals surface area contributed by atoms with Crippen molar-refractivity contribution in [2.24, 2.45) is 0 Å². The maximum atomic E-state index is 12.4. The minimum Gasteiger partial charge on any atom is -0.399 e. The molecule has 0 aliphatic carbocycles. The summed E-state index contributed by atoms with van der Waals surface area (Å²) in [4.78, 5) is 14.3. The fraction of sp³-hybridized carbons (Fsp3) is 0.133. The summed E-state index contributed by atoms with van der Waals surface area (Å²) in [5.74, 6) is -0.187. The number of hydrogen-bond donors (Lipinski definition) is 2. The third-order valence-corrected chi connectivity index (χ3v) is 3.56. The Kier molecular flexibility index (Phi) is 4.29. The fourth-order valence-electron chi connectivity index (χ4n) is 1.88. The van der Waals surface area contributed by atoms with Crippen LogP contribution in [0.1, 0.15) is 10.4 Å². The molecule has 0 aliphatic heterocycles. The summed E-state index contributed by atoms with van der Waals surface area (Å²) in [6, 6.07) is 12.8. The largest absolute Gasteiger partial charge is 0.399 e. The number of hydrogen-bond acceptors (Lipinski definition) is 3. The number of nitrogens with one attached hydrogen (secondary N) is 1. The van der Waals surface area contributed by atoms with Crippen molar-refractivity contribution in [2.75, 3.05) is 30.0 Å². The molecular weight excluding hydrogens is 318 g/mol. The van der Waals surface area contributed by atoms with Crippen LogP contribution in [0.25, 0.3) is 0 Å². The van der Waals surface area contributed by atoms with Gasteiger partial charge in [0.05, 0.1) is 11.3 Å². The molecule has 20 heavy (non-hydrogen) atoms. The van der Waals surface area contributed by atoms with Crippen LogP contribution < -0.4 is 16.0 Å². The molecule has 2 aromatic rings. The summed E-state index contributed by atoms with van der Waals surface area (Å²) >= 11 is 3.41. The number of amides is 1. The molecule has 0 heterocycles. The summed E-state index contributed by atoms with van der Waals surface area (Å²) in [5.41, 5.74) is 8.44. The summed E-state index contributed by atoms with van der Waals surface area (Å²) in [7, 11) is 3.78. The molecule has 0 aromatic heterocycles. The number of nitrogens with zero attached hydrogens (tertiary/aromatic N) is 1. The molecule has 0 saturated heterocycles. The topological polar surface area (TPSA) is 58.4 Å². The molecule has 0 saturated carbocycles. The van der Waals surface area contributed by atoms with E-state index in [9.17, 15) is 4.79 Å². The third-order valence-electron chi connectivity index (χ3n) is 2.87. The van der Waals surface area contributed by atoms with E-state index in [0.29, 0.717) is 11.3 Å². The van der Waals surface area contributed by atoms with Crippen LogP contribution in [0.5, 0.6) is 0 Å². The van der Waals surface area contributed by atoms with Crippen molar-refractivity contribution in [2.45, 2.75) is 0 Å². The van der Waals surface area contributed by atoms with Gasteiger partial charge in [-0.05, 0) is 46.3 Å². The van der Waals surface area contributed by atoms with E-state index < -0.39 is 0 Å². The van der Waals surface area contributed by atoms with E-state index in [1.807, 2.05) is 49.3 Å². The number of halogens is 1. The number of para-hydroxylation sites is 1. The van der Waals surface area contributed by atoms with Gasteiger partial charge in [0.1, 0.15) is 0 Å². The van der Waals surface area contributed by atoms with Crippen LogP contribution in [0.15, 0.2) is 46.9 Å². The SMILES string of the molecule is CN(C)c1ccc(N)cc1C(=O)Nc1ccccc1Br. The van der Waals surface area contributed by atoms with Gasteiger partial charge < -0.3 is 16.0 Å². The summed E-state index contributed by atoms with van der Waals surface area (Å²) in [5, 5.41) is 2.88. The smallest absolute Gasteiger partial charge is 0.257 e. The van der Waals surface area contributed by atoms with Crippen LogP contribution in [0.2, 0.25) is 0 Å². The van der Waals surface area contributed by atoms with Crippen molar-refractivity contribution in [1.82, 2.24) is 0 Å². The molecule has 3 N–H and O–H groups in total. The Balaban J connectivity index is 2.34. The Morgan fingerprint density at radius 3 is 2.55 bits per heavy atom. The first-order valence-corrected chi connectivity index (χ1v) is 6.91. The van der Waals surface area contributed by atoms with Crippen molar-refractivity contribution in [3.63, 3.8) is 0 Å². The number of anilines is 3. The molecule has 0 aliphatic rings. The van der Waals surface area contributed by atoms with Gasteiger partial charge in [0.25, 0.3) is 5.91 Å². The van der Waals surface area contributed by atoms with E-state index in [-0.39, 0.29) is 5.91 Å². The summed E-state index contributed by atoms with van der Waals surface area (Å²) in [6.07, 6.45) is 0. The maximum Gasteiger partial charge on any atom is 0.257 e. The number of rotatable bonds is 3. The second-order valence-corrected chi connectivity index (χ2v) is 5.46. The molecule has 1 amide bonds. The second kappa shape index (κ2) is 5.96. The molecule has 0 fully saturated rings. The lowest BCUT2D eigenvalue weighted by atomic mass is 10.1. The van der Waals surface area contributed by atoms with Gasteiger partial charge in [-0.15, -0.1) is 0 Å². The molecule has 104 valence electrons. The highest BCUT2D eigenvalue weighted by Crippen LogP contribution is 2.25. The Labute approximate surface area is 126 Å². The first-order valence-electron chi connectivity index (χ1n) is 6.12. The van der Waals surface area contributed by atoms with Gasteiger partial charge in [-0.2, -0.15) is 0 Å². The zero-order valence-electron chi connectivity index (χ0n) is 11.4. The second-order valence-electron chi connectivity index (χ2n) is 4.60. The van der Waals surface area contributed by atoms with E-state index in [1.54, 1.807) is 12.1 Å². The van der Waals surface area contributed by atoms with Gasteiger partial charge in [0.2, 0.25) is 0 Å². The molecule has 2 aromatic carbocycles. The fourth-order valence-corrected chi connectivity index (χ4v) is 2.26. The monoisotopic (exact) mass is 333 g/mol. The minimum atomic E-state index is -0.187. The van der Waals surface area contributed by atoms with Gasteiger partial charge in [0.15, 0.2) is 0 Å². The van der Waals surface area contributed by atoms with Crippen LogP contribution in [0, 0.1) is 0 Å². The normalized spacial score (nSPS) is 10.2. The maximum absolute atomic E-state index is 12.4. The average Bonchev–Trinajstić information content (AvgIpc) is 2.40. The van der Waals surface area contributed by atoms with Crippen LogP contribution in [0.4, 0.5) is 17.1 Å². The Morgan fingerprint density at radius 2 is 1.90 bits per heavy atom. The molecular formula is C15H16BrN3O. The predicted octanol–water partition coefficient (Wildman–Crippen LogP) is 3.35. The molecule has 0 spiro atoms. The molecule has 0 unspecified atom stereocenters. The molecule has 5 heteroatoms.